The average molecular weight is 307 g/mol. The van der Waals surface area contributed by atoms with Crippen molar-refractivity contribution in [2.45, 2.75) is 52.9 Å². The number of carboxylic acid groups (broad SMARTS) is 1. The number of ether oxygens (including phenoxy) is 1. The molecule has 1 aromatic carbocycles. The van der Waals surface area contributed by atoms with E-state index in [4.69, 9.17) is 4.74 Å². The summed E-state index contributed by atoms with van der Waals surface area (Å²) in [5, 5.41) is 9.42. The molecule has 0 amide bonds. The number of carboxylic acids is 1. The highest BCUT2D eigenvalue weighted by atomic mass is 16.5. The van der Waals surface area contributed by atoms with Crippen LogP contribution in [0.1, 0.15) is 63.2 Å². The number of hydrogen-bond acceptors (Lipinski definition) is 3. The summed E-state index contributed by atoms with van der Waals surface area (Å²) >= 11 is 0. The van der Waals surface area contributed by atoms with Crippen LogP contribution >= 0.6 is 0 Å². The van der Waals surface area contributed by atoms with Crippen LogP contribution in [0.25, 0.3) is 0 Å². The summed E-state index contributed by atoms with van der Waals surface area (Å²) in [5.41, 5.74) is 1.17. The summed E-state index contributed by atoms with van der Waals surface area (Å²) < 4.78 is 5.80. The predicted octanol–water partition coefficient (Wildman–Crippen LogP) is 4.58. The minimum Gasteiger partial charge on any atom is -0.491 e. The van der Waals surface area contributed by atoms with Crippen LogP contribution in [0.5, 0.6) is 5.75 Å². The first-order valence-electron chi connectivity index (χ1n) is 8.39. The molecule has 1 rings (SSSR count). The van der Waals surface area contributed by atoms with Crippen molar-refractivity contribution in [1.29, 1.82) is 0 Å². The van der Waals surface area contributed by atoms with Crippen LogP contribution in [-0.2, 0) is 0 Å². The van der Waals surface area contributed by atoms with Gasteiger partial charge in [0, 0.05) is 13.1 Å². The first-order valence-corrected chi connectivity index (χ1v) is 8.39. The first kappa shape index (κ1) is 18.3. The summed E-state index contributed by atoms with van der Waals surface area (Å²) in [4.78, 5) is 13.8. The van der Waals surface area contributed by atoms with Crippen molar-refractivity contribution >= 4 is 11.7 Å². The number of para-hydroxylation sites is 1. The van der Waals surface area contributed by atoms with Gasteiger partial charge in [-0.15, -0.1) is 0 Å². The smallest absolute Gasteiger partial charge is 0.339 e. The number of unbranched alkanes of at least 4 members (excludes halogenated alkanes) is 2. The van der Waals surface area contributed by atoms with Crippen molar-refractivity contribution in [2.24, 2.45) is 0 Å². The van der Waals surface area contributed by atoms with E-state index >= 15 is 0 Å². The lowest BCUT2D eigenvalue weighted by atomic mass is 10.1. The van der Waals surface area contributed by atoms with Crippen molar-refractivity contribution in [3.8, 4) is 5.75 Å². The molecule has 0 saturated heterocycles. The number of aromatic carboxylic acids is 1. The highest BCUT2D eigenvalue weighted by molar-refractivity contribution is 5.93. The van der Waals surface area contributed by atoms with Gasteiger partial charge >= 0.3 is 5.97 Å². The maximum Gasteiger partial charge on any atom is 0.339 e. The van der Waals surface area contributed by atoms with E-state index < -0.39 is 5.97 Å². The molecule has 0 aliphatic heterocycles. The molecule has 0 spiro atoms. The van der Waals surface area contributed by atoms with Crippen molar-refractivity contribution in [3.05, 3.63) is 23.8 Å². The number of rotatable bonds is 11. The second kappa shape index (κ2) is 10.1. The Morgan fingerprint density at radius 1 is 1.09 bits per heavy atom. The van der Waals surface area contributed by atoms with Crippen LogP contribution in [0, 0.1) is 0 Å². The van der Waals surface area contributed by atoms with Gasteiger partial charge in [-0.2, -0.15) is 0 Å². The number of carbonyl (C=O) groups is 1. The maximum absolute atomic E-state index is 11.5. The molecule has 0 heterocycles. The molecule has 1 N–H and O–H groups in total. The Morgan fingerprint density at radius 2 is 1.73 bits per heavy atom. The third-order valence-corrected chi connectivity index (χ3v) is 3.58. The van der Waals surface area contributed by atoms with Crippen molar-refractivity contribution in [3.63, 3.8) is 0 Å². The van der Waals surface area contributed by atoms with E-state index in [2.05, 4.69) is 18.7 Å². The largest absolute Gasteiger partial charge is 0.491 e. The second-order valence-electron chi connectivity index (χ2n) is 5.50. The van der Waals surface area contributed by atoms with Gasteiger partial charge in [0.1, 0.15) is 5.56 Å². The highest BCUT2D eigenvalue weighted by Gasteiger charge is 2.19. The van der Waals surface area contributed by atoms with Gasteiger partial charge < -0.3 is 14.7 Å². The van der Waals surface area contributed by atoms with Crippen molar-refractivity contribution < 1.29 is 14.6 Å². The second-order valence-corrected chi connectivity index (χ2v) is 5.50. The number of anilines is 1. The highest BCUT2D eigenvalue weighted by Crippen LogP contribution is 2.33. The van der Waals surface area contributed by atoms with Gasteiger partial charge in [-0.1, -0.05) is 39.7 Å². The monoisotopic (exact) mass is 307 g/mol. The fourth-order valence-corrected chi connectivity index (χ4v) is 2.35. The molecule has 0 aliphatic carbocycles. The van der Waals surface area contributed by atoms with Crippen LogP contribution in [0.2, 0.25) is 0 Å². The molecular weight excluding hydrogens is 278 g/mol. The van der Waals surface area contributed by atoms with E-state index in [0.717, 1.165) is 50.9 Å². The third-order valence-electron chi connectivity index (χ3n) is 3.58. The molecule has 0 atom stereocenters. The zero-order valence-electron chi connectivity index (χ0n) is 14.1. The summed E-state index contributed by atoms with van der Waals surface area (Å²) in [6.07, 6.45) is 5.28. The average Bonchev–Trinajstić information content (AvgIpc) is 2.52. The van der Waals surface area contributed by atoms with Gasteiger partial charge in [0.2, 0.25) is 0 Å². The molecule has 4 nitrogen and oxygen atoms in total. The lowest BCUT2D eigenvalue weighted by molar-refractivity contribution is 0.0692. The third kappa shape index (κ3) is 5.24. The van der Waals surface area contributed by atoms with Gasteiger partial charge in [0.15, 0.2) is 5.75 Å². The van der Waals surface area contributed by atoms with E-state index in [1.54, 1.807) is 6.07 Å². The van der Waals surface area contributed by atoms with Crippen LogP contribution in [0.4, 0.5) is 5.69 Å². The zero-order valence-corrected chi connectivity index (χ0v) is 14.1. The van der Waals surface area contributed by atoms with Crippen LogP contribution in [-0.4, -0.2) is 30.8 Å². The fraction of sp³-hybridized carbons (Fsp3) is 0.611. The Balaban J connectivity index is 3.14. The lowest BCUT2D eigenvalue weighted by Crippen LogP contribution is -2.26. The summed E-state index contributed by atoms with van der Waals surface area (Å²) in [6.45, 7) is 8.76. The topological polar surface area (TPSA) is 49.8 Å². The molecule has 0 unspecified atom stereocenters. The molecule has 0 aromatic heterocycles. The van der Waals surface area contributed by atoms with Crippen molar-refractivity contribution in [2.75, 3.05) is 24.6 Å². The normalized spacial score (nSPS) is 10.5. The van der Waals surface area contributed by atoms with Gasteiger partial charge in [0.25, 0.3) is 0 Å². The van der Waals surface area contributed by atoms with E-state index in [9.17, 15) is 9.90 Å². The van der Waals surface area contributed by atoms with E-state index in [-0.39, 0.29) is 5.56 Å². The minimum atomic E-state index is -0.932. The summed E-state index contributed by atoms with van der Waals surface area (Å²) in [7, 11) is 0. The van der Waals surface area contributed by atoms with Crippen LogP contribution in [0.15, 0.2) is 18.2 Å². The Morgan fingerprint density at radius 3 is 2.23 bits per heavy atom. The molecule has 1 aromatic rings. The van der Waals surface area contributed by atoms with Crippen molar-refractivity contribution in [1.82, 2.24) is 0 Å². The number of nitrogens with zero attached hydrogens (tertiary/aromatic N) is 1. The zero-order chi connectivity index (χ0) is 16.4. The molecular formula is C18H29NO3. The molecule has 4 heteroatoms. The Labute approximate surface area is 134 Å². The molecule has 0 aliphatic rings. The molecule has 0 saturated carbocycles. The first-order chi connectivity index (χ1) is 10.7. The predicted molar refractivity (Wildman–Crippen MR) is 91.2 cm³/mol. The van der Waals surface area contributed by atoms with Gasteiger partial charge in [0.05, 0.1) is 12.3 Å². The lowest BCUT2D eigenvalue weighted by Gasteiger charge is -2.27. The molecule has 124 valence electrons. The number of hydrogen-bond donors (Lipinski definition) is 1. The number of benzene rings is 1. The fourth-order valence-electron chi connectivity index (χ4n) is 2.35. The maximum atomic E-state index is 11.5. The van der Waals surface area contributed by atoms with E-state index in [0.29, 0.717) is 12.4 Å². The summed E-state index contributed by atoms with van der Waals surface area (Å²) in [5.74, 6) is -0.414. The molecule has 0 radical (unpaired) electrons. The Kier molecular flexibility index (Phi) is 8.41. The van der Waals surface area contributed by atoms with E-state index in [1.165, 1.54) is 0 Å². The Hall–Kier alpha value is -1.71. The van der Waals surface area contributed by atoms with Gasteiger partial charge in [-0.25, -0.2) is 4.79 Å². The van der Waals surface area contributed by atoms with Crippen LogP contribution < -0.4 is 9.64 Å². The standard InChI is InChI=1S/C18H29NO3/c1-4-7-12-19(13-8-5-2)16-11-9-10-15(18(20)21)17(16)22-14-6-3/h9-11H,4-8,12-14H2,1-3H3,(H,20,21). The SMILES string of the molecule is CCCCN(CCCC)c1cccc(C(=O)O)c1OCCC. The van der Waals surface area contributed by atoms with E-state index in [1.807, 2.05) is 19.1 Å². The quantitative estimate of drug-likeness (QED) is 0.650. The van der Waals surface area contributed by atoms with Gasteiger partial charge in [-0.3, -0.25) is 0 Å². The summed E-state index contributed by atoms with van der Waals surface area (Å²) in [6, 6.07) is 5.40. The minimum absolute atomic E-state index is 0.254. The Bertz CT molecular complexity index is 452. The molecule has 0 fully saturated rings. The van der Waals surface area contributed by atoms with Gasteiger partial charge in [-0.05, 0) is 31.4 Å². The molecule has 22 heavy (non-hydrogen) atoms. The van der Waals surface area contributed by atoms with Crippen LogP contribution in [0.3, 0.4) is 0 Å². The molecule has 0 bridgehead atoms.